The van der Waals surface area contributed by atoms with Gasteiger partial charge >= 0.3 is 0 Å². The average Bonchev–Trinajstić information content (AvgIpc) is 2.08. The van der Waals surface area contributed by atoms with Gasteiger partial charge in [0.15, 0.2) is 0 Å². The van der Waals surface area contributed by atoms with Crippen molar-refractivity contribution in [2.45, 2.75) is 37.4 Å². The Balaban J connectivity index is 2.76. The van der Waals surface area contributed by atoms with Crippen LogP contribution in [0.4, 0.5) is 0 Å². The monoisotopic (exact) mass is 178 g/mol. The van der Waals surface area contributed by atoms with E-state index in [0.29, 0.717) is 0 Å². The first kappa shape index (κ1) is 9.88. The van der Waals surface area contributed by atoms with Gasteiger partial charge in [-0.05, 0) is 0 Å². The molecular weight excluding hydrogens is 164 g/mol. The van der Waals surface area contributed by atoms with Crippen molar-refractivity contribution in [2.24, 2.45) is 5.92 Å². The largest absolute Gasteiger partial charge is 0.390 e. The summed E-state index contributed by atoms with van der Waals surface area (Å²) in [7, 11) is 0. The maximum Gasteiger partial charge on any atom is 0.111 e. The van der Waals surface area contributed by atoms with E-state index in [4.69, 9.17) is 15.3 Å². The van der Waals surface area contributed by atoms with Crippen molar-refractivity contribution in [1.29, 1.82) is 0 Å². The van der Waals surface area contributed by atoms with Crippen LogP contribution >= 0.6 is 0 Å². The molecule has 72 valence electrons. The first-order valence-corrected chi connectivity index (χ1v) is 3.87. The molecule has 0 heterocycles. The highest BCUT2D eigenvalue weighted by Crippen LogP contribution is 2.25. The summed E-state index contributed by atoms with van der Waals surface area (Å²) >= 11 is 0. The lowest BCUT2D eigenvalue weighted by Crippen LogP contribution is -2.60. The van der Waals surface area contributed by atoms with Crippen LogP contribution in [0.1, 0.15) is 6.92 Å². The van der Waals surface area contributed by atoms with E-state index in [0.717, 1.165) is 0 Å². The van der Waals surface area contributed by atoms with Crippen molar-refractivity contribution in [3.63, 3.8) is 0 Å². The number of rotatable bonds is 0. The van der Waals surface area contributed by atoms with E-state index < -0.39 is 36.4 Å². The third-order valence-electron chi connectivity index (χ3n) is 2.48. The summed E-state index contributed by atoms with van der Waals surface area (Å²) in [5, 5.41) is 45.8. The fourth-order valence-electron chi connectivity index (χ4n) is 1.43. The Morgan fingerprint density at radius 3 is 1.17 bits per heavy atom. The molecule has 1 aliphatic carbocycles. The highest BCUT2D eigenvalue weighted by Gasteiger charge is 2.45. The smallest absolute Gasteiger partial charge is 0.111 e. The summed E-state index contributed by atoms with van der Waals surface area (Å²) in [6.07, 6.45) is -6.65. The third kappa shape index (κ3) is 1.34. The van der Waals surface area contributed by atoms with Gasteiger partial charge in [0.1, 0.15) is 18.3 Å². The molecule has 4 atom stereocenters. The van der Waals surface area contributed by atoms with Gasteiger partial charge in [-0.1, -0.05) is 6.92 Å². The summed E-state index contributed by atoms with van der Waals surface area (Å²) in [4.78, 5) is 0. The Morgan fingerprint density at radius 1 is 0.583 bits per heavy atom. The summed E-state index contributed by atoms with van der Waals surface area (Å²) in [5.74, 6) is -0.640. The summed E-state index contributed by atoms with van der Waals surface area (Å²) in [6, 6.07) is 0. The molecule has 1 saturated carbocycles. The van der Waals surface area contributed by atoms with E-state index >= 15 is 0 Å². The van der Waals surface area contributed by atoms with E-state index in [9.17, 15) is 10.2 Å². The molecule has 0 aliphatic heterocycles. The van der Waals surface area contributed by atoms with Crippen LogP contribution in [0.3, 0.4) is 0 Å². The number of hydrogen-bond acceptors (Lipinski definition) is 5. The van der Waals surface area contributed by atoms with Crippen LogP contribution in [0.2, 0.25) is 0 Å². The Bertz CT molecular complexity index is 103. The number of aliphatic hydroxyl groups excluding tert-OH is 5. The van der Waals surface area contributed by atoms with Gasteiger partial charge < -0.3 is 25.5 Å². The van der Waals surface area contributed by atoms with Crippen LogP contribution in [0.25, 0.3) is 0 Å². The zero-order valence-corrected chi connectivity index (χ0v) is 6.70. The molecule has 1 fully saturated rings. The molecule has 0 radical (unpaired) electrons. The molecule has 5 heteroatoms. The predicted octanol–water partition coefficient (Wildman–Crippen LogP) is -2.56. The van der Waals surface area contributed by atoms with E-state index in [1.165, 1.54) is 6.92 Å². The lowest BCUT2D eigenvalue weighted by atomic mass is 9.80. The number of hydrogen-bond donors (Lipinski definition) is 5. The minimum absolute atomic E-state index is 0.640. The molecule has 4 unspecified atom stereocenters. The molecule has 0 bridgehead atoms. The number of aliphatic hydroxyl groups is 5. The summed E-state index contributed by atoms with van der Waals surface area (Å²) < 4.78 is 0. The van der Waals surface area contributed by atoms with Crippen molar-refractivity contribution < 1.29 is 25.5 Å². The van der Waals surface area contributed by atoms with E-state index in [1.807, 2.05) is 0 Å². The Kier molecular flexibility index (Phi) is 2.70. The Hall–Kier alpha value is -0.200. The lowest BCUT2D eigenvalue weighted by molar-refractivity contribution is -0.200. The topological polar surface area (TPSA) is 101 Å². The highest BCUT2D eigenvalue weighted by molar-refractivity contribution is 4.96. The standard InChI is InChI=1S/C7H14O5/c1-2-3(8)5(10)7(12)6(11)4(2)9/h2-12H,1H3. The Labute approximate surface area is 69.9 Å². The molecule has 1 aliphatic rings. The van der Waals surface area contributed by atoms with Crippen molar-refractivity contribution >= 4 is 0 Å². The molecule has 5 nitrogen and oxygen atoms in total. The van der Waals surface area contributed by atoms with Crippen LogP contribution in [-0.4, -0.2) is 56.1 Å². The normalized spacial score (nSPS) is 55.5. The molecule has 0 aromatic carbocycles. The van der Waals surface area contributed by atoms with Crippen LogP contribution in [0.5, 0.6) is 0 Å². The average molecular weight is 178 g/mol. The lowest BCUT2D eigenvalue weighted by Gasteiger charge is -2.40. The second kappa shape index (κ2) is 3.27. The highest BCUT2D eigenvalue weighted by atomic mass is 16.4. The van der Waals surface area contributed by atoms with Gasteiger partial charge in [0.2, 0.25) is 0 Å². The van der Waals surface area contributed by atoms with Gasteiger partial charge in [0.25, 0.3) is 0 Å². The molecular formula is C7H14O5. The van der Waals surface area contributed by atoms with Crippen molar-refractivity contribution in [3.8, 4) is 0 Å². The fraction of sp³-hybridized carbons (Fsp3) is 1.00. The first-order valence-electron chi connectivity index (χ1n) is 3.87. The summed E-state index contributed by atoms with van der Waals surface area (Å²) in [5.41, 5.74) is 0. The third-order valence-corrected chi connectivity index (χ3v) is 2.48. The van der Waals surface area contributed by atoms with Crippen molar-refractivity contribution in [1.82, 2.24) is 0 Å². The van der Waals surface area contributed by atoms with E-state index in [2.05, 4.69) is 0 Å². The van der Waals surface area contributed by atoms with Gasteiger partial charge in [0, 0.05) is 5.92 Å². The second-order valence-corrected chi connectivity index (χ2v) is 3.31. The van der Waals surface area contributed by atoms with Crippen LogP contribution in [0, 0.1) is 5.92 Å². The van der Waals surface area contributed by atoms with Gasteiger partial charge in [0.05, 0.1) is 12.2 Å². The maximum absolute atomic E-state index is 9.22. The van der Waals surface area contributed by atoms with E-state index in [-0.39, 0.29) is 0 Å². The van der Waals surface area contributed by atoms with Gasteiger partial charge in [-0.15, -0.1) is 0 Å². The van der Waals surface area contributed by atoms with Crippen LogP contribution in [0.15, 0.2) is 0 Å². The quantitative estimate of drug-likeness (QED) is 0.281. The molecule has 12 heavy (non-hydrogen) atoms. The maximum atomic E-state index is 9.22. The predicted molar refractivity (Wildman–Crippen MR) is 39.2 cm³/mol. The van der Waals surface area contributed by atoms with Crippen molar-refractivity contribution in [3.05, 3.63) is 0 Å². The summed E-state index contributed by atoms with van der Waals surface area (Å²) in [6.45, 7) is 1.49. The molecule has 0 amide bonds. The van der Waals surface area contributed by atoms with Crippen LogP contribution < -0.4 is 0 Å². The van der Waals surface area contributed by atoms with E-state index in [1.54, 1.807) is 0 Å². The molecule has 5 N–H and O–H groups in total. The van der Waals surface area contributed by atoms with Crippen LogP contribution in [-0.2, 0) is 0 Å². The van der Waals surface area contributed by atoms with Crippen molar-refractivity contribution in [2.75, 3.05) is 0 Å². The second-order valence-electron chi connectivity index (χ2n) is 3.31. The zero-order chi connectivity index (χ0) is 9.46. The first-order chi connectivity index (χ1) is 5.46. The zero-order valence-electron chi connectivity index (χ0n) is 6.70. The minimum Gasteiger partial charge on any atom is -0.390 e. The van der Waals surface area contributed by atoms with Gasteiger partial charge in [-0.25, -0.2) is 0 Å². The van der Waals surface area contributed by atoms with Gasteiger partial charge in [-0.3, -0.25) is 0 Å². The molecule has 1 rings (SSSR count). The molecule has 0 aromatic heterocycles. The fourth-order valence-corrected chi connectivity index (χ4v) is 1.43. The Morgan fingerprint density at radius 2 is 0.833 bits per heavy atom. The molecule has 0 saturated heterocycles. The minimum atomic E-state index is -1.48. The molecule has 0 spiro atoms. The molecule has 0 aromatic rings. The SMILES string of the molecule is CC1C(O)C(O)C(O)C(O)C1O. The van der Waals surface area contributed by atoms with Gasteiger partial charge in [-0.2, -0.15) is 0 Å².